The topological polar surface area (TPSA) is 63.7 Å². The van der Waals surface area contributed by atoms with E-state index in [1.807, 2.05) is 35.5 Å². The van der Waals surface area contributed by atoms with Crippen LogP contribution in [0.5, 0.6) is 11.5 Å². The minimum Gasteiger partial charge on any atom is -0.493 e. The Morgan fingerprint density at radius 2 is 2.13 bits per heavy atom. The van der Waals surface area contributed by atoms with Crippen LogP contribution in [0, 0.1) is 0 Å². The second kappa shape index (κ2) is 7.94. The van der Waals surface area contributed by atoms with Crippen molar-refractivity contribution in [2.75, 3.05) is 34.9 Å². The molecular weight excluding hydrogens is 314 g/mol. The van der Waals surface area contributed by atoms with Crippen LogP contribution in [0.2, 0.25) is 0 Å². The van der Waals surface area contributed by atoms with E-state index in [9.17, 15) is 4.79 Å². The SMILES string of the molecule is CNC(=O)CN(C)Cc1csc(-c2cccc(OC)c2OC)n1. The molecule has 1 aromatic carbocycles. The number of aromatic nitrogens is 1. The van der Waals surface area contributed by atoms with Crippen molar-refractivity contribution in [1.82, 2.24) is 15.2 Å². The van der Waals surface area contributed by atoms with E-state index in [0.29, 0.717) is 24.6 Å². The van der Waals surface area contributed by atoms with Gasteiger partial charge in [-0.2, -0.15) is 0 Å². The lowest BCUT2D eigenvalue weighted by Gasteiger charge is -2.13. The Kier molecular flexibility index (Phi) is 5.95. The number of ether oxygens (including phenoxy) is 2. The molecule has 1 amide bonds. The number of amides is 1. The van der Waals surface area contributed by atoms with Crippen molar-refractivity contribution in [3.63, 3.8) is 0 Å². The second-order valence-corrected chi connectivity index (χ2v) is 5.89. The van der Waals surface area contributed by atoms with Crippen LogP contribution in [-0.2, 0) is 11.3 Å². The summed E-state index contributed by atoms with van der Waals surface area (Å²) in [5.41, 5.74) is 1.82. The van der Waals surface area contributed by atoms with Gasteiger partial charge in [-0.15, -0.1) is 11.3 Å². The van der Waals surface area contributed by atoms with Gasteiger partial charge in [-0.25, -0.2) is 4.98 Å². The van der Waals surface area contributed by atoms with Crippen LogP contribution < -0.4 is 14.8 Å². The predicted octanol–water partition coefficient (Wildman–Crippen LogP) is 2.01. The number of carbonyl (C=O) groups excluding carboxylic acids is 1. The van der Waals surface area contributed by atoms with E-state index in [0.717, 1.165) is 16.3 Å². The highest BCUT2D eigenvalue weighted by molar-refractivity contribution is 7.13. The average Bonchev–Trinajstić information content (AvgIpc) is 3.01. The Bertz CT molecular complexity index is 672. The molecule has 1 aromatic heterocycles. The summed E-state index contributed by atoms with van der Waals surface area (Å²) in [6.07, 6.45) is 0. The van der Waals surface area contributed by atoms with Gasteiger partial charge in [-0.3, -0.25) is 9.69 Å². The lowest BCUT2D eigenvalue weighted by molar-refractivity contribution is -0.121. The first-order valence-electron chi connectivity index (χ1n) is 7.14. The zero-order valence-corrected chi connectivity index (χ0v) is 14.6. The number of methoxy groups -OCH3 is 2. The molecule has 2 rings (SSSR count). The zero-order valence-electron chi connectivity index (χ0n) is 13.8. The summed E-state index contributed by atoms with van der Waals surface area (Å²) in [7, 11) is 6.75. The fourth-order valence-electron chi connectivity index (χ4n) is 2.22. The van der Waals surface area contributed by atoms with E-state index in [1.165, 1.54) is 0 Å². The molecule has 1 heterocycles. The third-order valence-corrected chi connectivity index (χ3v) is 4.23. The van der Waals surface area contributed by atoms with Crippen LogP contribution in [-0.4, -0.2) is 50.7 Å². The Morgan fingerprint density at radius 3 is 2.78 bits per heavy atom. The molecule has 23 heavy (non-hydrogen) atoms. The summed E-state index contributed by atoms with van der Waals surface area (Å²) in [4.78, 5) is 18.0. The first kappa shape index (κ1) is 17.2. The number of nitrogens with one attached hydrogen (secondary N) is 1. The summed E-state index contributed by atoms with van der Waals surface area (Å²) in [6.45, 7) is 0.946. The number of thiazole rings is 1. The van der Waals surface area contributed by atoms with Crippen molar-refractivity contribution in [3.05, 3.63) is 29.3 Å². The first-order valence-corrected chi connectivity index (χ1v) is 8.02. The van der Waals surface area contributed by atoms with Crippen LogP contribution in [0.15, 0.2) is 23.6 Å². The van der Waals surface area contributed by atoms with Crippen LogP contribution >= 0.6 is 11.3 Å². The van der Waals surface area contributed by atoms with Crippen LogP contribution in [0.1, 0.15) is 5.69 Å². The molecule has 124 valence electrons. The van der Waals surface area contributed by atoms with Crippen LogP contribution in [0.4, 0.5) is 0 Å². The predicted molar refractivity (Wildman–Crippen MR) is 91.1 cm³/mol. The lowest BCUT2D eigenvalue weighted by atomic mass is 10.2. The molecule has 0 unspecified atom stereocenters. The van der Waals surface area contributed by atoms with Gasteiger partial charge in [0.2, 0.25) is 5.91 Å². The molecule has 1 N–H and O–H groups in total. The van der Waals surface area contributed by atoms with Crippen LogP contribution in [0.3, 0.4) is 0 Å². The third kappa shape index (κ3) is 4.20. The molecule has 0 aliphatic heterocycles. The van der Waals surface area contributed by atoms with Crippen molar-refractivity contribution >= 4 is 17.2 Å². The van der Waals surface area contributed by atoms with Crippen molar-refractivity contribution in [3.8, 4) is 22.1 Å². The Morgan fingerprint density at radius 1 is 1.35 bits per heavy atom. The zero-order chi connectivity index (χ0) is 16.8. The van der Waals surface area contributed by atoms with E-state index in [4.69, 9.17) is 9.47 Å². The summed E-state index contributed by atoms with van der Waals surface area (Å²) in [5, 5.41) is 5.47. The number of carbonyl (C=O) groups is 1. The molecule has 2 aromatic rings. The van der Waals surface area contributed by atoms with Gasteiger partial charge in [0.1, 0.15) is 5.01 Å². The average molecular weight is 335 g/mol. The molecule has 7 heteroatoms. The minimum atomic E-state index is -0.0163. The second-order valence-electron chi connectivity index (χ2n) is 5.03. The van der Waals surface area contributed by atoms with Crippen LogP contribution in [0.25, 0.3) is 10.6 Å². The number of para-hydroxylation sites is 1. The number of rotatable bonds is 7. The molecule has 0 saturated heterocycles. The quantitative estimate of drug-likeness (QED) is 0.838. The van der Waals surface area contributed by atoms with Gasteiger partial charge in [0.05, 0.1) is 32.0 Å². The molecule has 0 aliphatic rings. The maximum absolute atomic E-state index is 11.4. The Labute approximate surface area is 140 Å². The maximum atomic E-state index is 11.4. The monoisotopic (exact) mass is 335 g/mol. The van der Waals surface area contributed by atoms with E-state index in [-0.39, 0.29) is 5.91 Å². The van der Waals surface area contributed by atoms with Gasteiger partial charge in [0.25, 0.3) is 0 Å². The van der Waals surface area contributed by atoms with Gasteiger partial charge < -0.3 is 14.8 Å². The minimum absolute atomic E-state index is 0.0163. The normalized spacial score (nSPS) is 10.7. The molecule has 0 radical (unpaired) electrons. The molecule has 0 spiro atoms. The van der Waals surface area contributed by atoms with Gasteiger partial charge in [0.15, 0.2) is 11.5 Å². The summed E-state index contributed by atoms with van der Waals surface area (Å²) in [5.74, 6) is 1.34. The Hall–Kier alpha value is -2.12. The van der Waals surface area contributed by atoms with E-state index in [2.05, 4.69) is 10.3 Å². The highest BCUT2D eigenvalue weighted by Gasteiger charge is 2.15. The molecule has 0 atom stereocenters. The molecule has 6 nitrogen and oxygen atoms in total. The van der Waals surface area contributed by atoms with E-state index < -0.39 is 0 Å². The third-order valence-electron chi connectivity index (χ3n) is 3.31. The lowest BCUT2D eigenvalue weighted by Crippen LogP contribution is -2.32. The molecule has 0 bridgehead atoms. The van der Waals surface area contributed by atoms with Crippen molar-refractivity contribution < 1.29 is 14.3 Å². The summed E-state index contributed by atoms with van der Waals surface area (Å²) in [6, 6.07) is 5.72. The van der Waals surface area contributed by atoms with Gasteiger partial charge in [-0.05, 0) is 19.2 Å². The highest BCUT2D eigenvalue weighted by atomic mass is 32.1. The highest BCUT2D eigenvalue weighted by Crippen LogP contribution is 2.38. The largest absolute Gasteiger partial charge is 0.493 e. The first-order chi connectivity index (χ1) is 11.1. The number of benzene rings is 1. The molecule has 0 saturated carbocycles. The van der Waals surface area contributed by atoms with Gasteiger partial charge in [0, 0.05) is 19.0 Å². The number of hydrogen-bond donors (Lipinski definition) is 1. The van der Waals surface area contributed by atoms with Crippen molar-refractivity contribution in [1.29, 1.82) is 0 Å². The summed E-state index contributed by atoms with van der Waals surface area (Å²) >= 11 is 1.54. The Balaban J connectivity index is 2.18. The number of hydrogen-bond acceptors (Lipinski definition) is 6. The van der Waals surface area contributed by atoms with E-state index in [1.54, 1.807) is 32.6 Å². The standard InChI is InChI=1S/C16H21N3O3S/c1-17-14(20)9-19(2)8-11-10-23-16(18-11)12-6-5-7-13(21-3)15(12)22-4/h5-7,10H,8-9H2,1-4H3,(H,17,20). The molecule has 0 aliphatic carbocycles. The smallest absolute Gasteiger partial charge is 0.233 e. The van der Waals surface area contributed by atoms with Gasteiger partial charge >= 0.3 is 0 Å². The van der Waals surface area contributed by atoms with E-state index >= 15 is 0 Å². The number of nitrogens with zero attached hydrogens (tertiary/aromatic N) is 2. The fourth-order valence-corrected chi connectivity index (χ4v) is 3.05. The number of likely N-dealkylation sites (N-methyl/N-ethyl adjacent to an activating group) is 2. The maximum Gasteiger partial charge on any atom is 0.233 e. The fraction of sp³-hybridized carbons (Fsp3) is 0.375. The molecular formula is C16H21N3O3S. The summed E-state index contributed by atoms with van der Waals surface area (Å²) < 4.78 is 10.8. The van der Waals surface area contributed by atoms with Crippen molar-refractivity contribution in [2.45, 2.75) is 6.54 Å². The molecule has 0 fully saturated rings. The van der Waals surface area contributed by atoms with Crippen molar-refractivity contribution in [2.24, 2.45) is 0 Å². The van der Waals surface area contributed by atoms with Gasteiger partial charge in [-0.1, -0.05) is 6.07 Å².